The van der Waals surface area contributed by atoms with E-state index in [1.165, 1.54) is 91.0 Å². The van der Waals surface area contributed by atoms with Gasteiger partial charge in [0.05, 0.1) is 16.7 Å². The molecule has 2 aliphatic rings. The third-order valence-corrected chi connectivity index (χ3v) is 31.1. The highest BCUT2D eigenvalue weighted by Crippen LogP contribution is 2.47. The molecule has 6 heteroatoms. The van der Waals surface area contributed by atoms with Crippen LogP contribution in [0.1, 0.15) is 25.0 Å². The molecule has 0 saturated heterocycles. The molecule has 0 saturated carbocycles. The number of fused-ring (bicyclic) bond motifs is 7. The summed E-state index contributed by atoms with van der Waals surface area (Å²) in [6.07, 6.45) is 0. The number of para-hydroxylation sites is 3. The largest absolute Gasteiger partial charge is 0.311 e. The van der Waals surface area contributed by atoms with Crippen LogP contribution in [-0.2, 0) is 5.41 Å². The molecule has 0 fully saturated rings. The number of benzene rings is 15. The first-order valence-corrected chi connectivity index (χ1v) is 38.6. The van der Waals surface area contributed by atoms with Crippen molar-refractivity contribution in [2.75, 3.05) is 9.80 Å². The lowest BCUT2D eigenvalue weighted by molar-refractivity contribution is 0.641. The SMILES string of the molecule is CC(C)(c1ccccc1)c1ccc(-c2cccc(N3c4cc([Si](c5ccccc5)(c5ccccc5)c5ccccc5)ccc4B4c5ccc([Si](c6ccccc6)(c6ccccc6)c6ccccc6)cc5N(c5ccccc5)c5cc(-n6c7ccccc7c7ccccc76)cc3c54)c2)cc1. The van der Waals surface area contributed by atoms with Crippen LogP contribution < -0.4 is 67.7 Å². The lowest BCUT2D eigenvalue weighted by atomic mass is 9.33. The van der Waals surface area contributed by atoms with E-state index in [0.29, 0.717) is 0 Å². The van der Waals surface area contributed by atoms with Crippen molar-refractivity contribution < 1.29 is 0 Å². The molecule has 0 spiro atoms. The van der Waals surface area contributed by atoms with Crippen molar-refractivity contribution in [3.63, 3.8) is 0 Å². The number of rotatable bonds is 14. The topological polar surface area (TPSA) is 11.4 Å². The molecule has 0 amide bonds. The van der Waals surface area contributed by atoms with Crippen molar-refractivity contribution in [2.24, 2.45) is 0 Å². The molecule has 468 valence electrons. The van der Waals surface area contributed by atoms with Crippen LogP contribution in [-0.4, -0.2) is 27.4 Å². The second-order valence-electron chi connectivity index (χ2n) is 27.1. The Kier molecular flexibility index (Phi) is 14.7. The van der Waals surface area contributed by atoms with Crippen LogP contribution in [0.25, 0.3) is 38.6 Å². The van der Waals surface area contributed by atoms with Crippen molar-refractivity contribution in [2.45, 2.75) is 19.3 Å². The molecular formula is C93H70BN3Si2. The third-order valence-electron chi connectivity index (χ3n) is 21.6. The molecule has 15 aromatic carbocycles. The molecule has 16 aromatic rings. The fraction of sp³-hybridized carbons (Fsp3) is 0.0323. The van der Waals surface area contributed by atoms with Crippen LogP contribution in [0, 0.1) is 0 Å². The fourth-order valence-corrected chi connectivity index (χ4v) is 26.5. The van der Waals surface area contributed by atoms with Gasteiger partial charge >= 0.3 is 0 Å². The van der Waals surface area contributed by atoms with Gasteiger partial charge < -0.3 is 14.4 Å². The van der Waals surface area contributed by atoms with Gasteiger partial charge in [0.15, 0.2) is 16.1 Å². The van der Waals surface area contributed by atoms with Gasteiger partial charge in [-0.3, -0.25) is 0 Å². The van der Waals surface area contributed by atoms with Crippen LogP contribution >= 0.6 is 0 Å². The Morgan fingerprint density at radius 1 is 0.253 bits per heavy atom. The molecule has 0 atom stereocenters. The number of hydrogen-bond acceptors (Lipinski definition) is 2. The van der Waals surface area contributed by atoms with E-state index in [2.05, 4.69) is 416 Å². The molecule has 0 bridgehead atoms. The highest BCUT2D eigenvalue weighted by molar-refractivity contribution is 7.20. The molecule has 99 heavy (non-hydrogen) atoms. The van der Waals surface area contributed by atoms with Gasteiger partial charge in [-0.1, -0.05) is 341 Å². The zero-order valence-electron chi connectivity index (χ0n) is 55.4. The van der Waals surface area contributed by atoms with Crippen molar-refractivity contribution in [3.05, 3.63) is 399 Å². The van der Waals surface area contributed by atoms with Gasteiger partial charge in [0, 0.05) is 50.3 Å². The average Bonchev–Trinajstić information content (AvgIpc) is 1.45. The minimum Gasteiger partial charge on any atom is -0.311 e. The van der Waals surface area contributed by atoms with Crippen molar-refractivity contribution in [3.8, 4) is 16.8 Å². The van der Waals surface area contributed by atoms with E-state index in [4.69, 9.17) is 0 Å². The van der Waals surface area contributed by atoms with Gasteiger partial charge in [-0.05, 0) is 141 Å². The lowest BCUT2D eigenvalue weighted by Crippen LogP contribution is -2.75. The molecule has 0 unspecified atom stereocenters. The Balaban J connectivity index is 0.964. The Labute approximate surface area is 582 Å². The van der Waals surface area contributed by atoms with E-state index in [-0.39, 0.29) is 12.1 Å². The van der Waals surface area contributed by atoms with E-state index in [1.54, 1.807) is 0 Å². The summed E-state index contributed by atoms with van der Waals surface area (Å²) in [6, 6.07) is 147. The molecule has 18 rings (SSSR count). The third kappa shape index (κ3) is 9.61. The molecule has 0 aliphatic carbocycles. The Hall–Kier alpha value is -11.8. The van der Waals surface area contributed by atoms with Crippen LogP contribution in [0.5, 0.6) is 0 Å². The second-order valence-corrected chi connectivity index (χ2v) is 34.7. The standard InChI is InChI=1S/C93H70BN3Si2/c1-93(2,69-33-11-3-12-34-69)70-56-54-67(55-57-70)68-32-31-37-72(62-68)96-89-66-81(99(77-44-21-8-22-45-77,78-46-23-9-24-47-78)79-48-25-10-26-49-79)59-61-85(89)94-84-60-58-80(98(74-38-15-5-16-39-74,75-40-17-6-18-41-75)76-42-19-7-20-43-76)65-88(84)95(71-35-13-4-14-36-71)90-63-73(64-91(96)92(90)94)97-86-52-29-27-50-82(86)83-51-28-30-53-87(83)97/h3-66H,1-2H3. The maximum absolute atomic E-state index is 3.12. The quantitative estimate of drug-likeness (QED) is 0.0794. The second kappa shape index (κ2) is 24.4. The van der Waals surface area contributed by atoms with E-state index >= 15 is 0 Å². The maximum Gasteiger partial charge on any atom is 0.252 e. The first-order valence-electron chi connectivity index (χ1n) is 34.6. The molecule has 3 heterocycles. The summed E-state index contributed by atoms with van der Waals surface area (Å²) in [5.41, 5.74) is 18.7. The highest BCUT2D eigenvalue weighted by Gasteiger charge is 2.49. The molecule has 3 nitrogen and oxygen atoms in total. The number of anilines is 6. The minimum absolute atomic E-state index is 0.184. The smallest absolute Gasteiger partial charge is 0.252 e. The van der Waals surface area contributed by atoms with E-state index in [1.807, 2.05) is 0 Å². The predicted molar refractivity (Wildman–Crippen MR) is 426 cm³/mol. The van der Waals surface area contributed by atoms with Crippen molar-refractivity contribution in [1.29, 1.82) is 0 Å². The summed E-state index contributed by atoms with van der Waals surface area (Å²) in [7, 11) is -6.20. The van der Waals surface area contributed by atoms with Crippen LogP contribution in [0.3, 0.4) is 0 Å². The lowest BCUT2D eigenvalue weighted by Gasteiger charge is -2.46. The van der Waals surface area contributed by atoms with Gasteiger partial charge in [-0.2, -0.15) is 0 Å². The summed E-state index contributed by atoms with van der Waals surface area (Å²) < 4.78 is 2.53. The average molecular weight is 1300 g/mol. The van der Waals surface area contributed by atoms with Gasteiger partial charge in [-0.15, -0.1) is 0 Å². The first kappa shape index (κ1) is 59.7. The Bertz CT molecular complexity index is 5390. The van der Waals surface area contributed by atoms with Gasteiger partial charge in [0.2, 0.25) is 0 Å². The Morgan fingerprint density at radius 2 is 0.606 bits per heavy atom. The van der Waals surface area contributed by atoms with E-state index < -0.39 is 16.1 Å². The summed E-state index contributed by atoms with van der Waals surface area (Å²) in [5.74, 6) is 0. The minimum atomic E-state index is -3.12. The van der Waals surface area contributed by atoms with Crippen LogP contribution in [0.2, 0.25) is 0 Å². The molecule has 0 N–H and O–H groups in total. The van der Waals surface area contributed by atoms with Crippen LogP contribution in [0.15, 0.2) is 388 Å². The summed E-state index contributed by atoms with van der Waals surface area (Å²) >= 11 is 0. The fourth-order valence-electron chi connectivity index (χ4n) is 17.0. The molecular weight excluding hydrogens is 1230 g/mol. The summed E-state index contributed by atoms with van der Waals surface area (Å²) in [4.78, 5) is 5.28. The van der Waals surface area contributed by atoms with Gasteiger partial charge in [0.25, 0.3) is 6.71 Å². The van der Waals surface area contributed by atoms with Crippen molar-refractivity contribution in [1.82, 2.24) is 4.57 Å². The summed E-state index contributed by atoms with van der Waals surface area (Å²) in [6.45, 7) is 4.47. The molecule has 0 radical (unpaired) electrons. The normalized spacial score (nSPS) is 12.7. The van der Waals surface area contributed by atoms with Crippen LogP contribution in [0.4, 0.5) is 34.1 Å². The maximum atomic E-state index is 2.66. The van der Waals surface area contributed by atoms with Gasteiger partial charge in [0.1, 0.15) is 0 Å². The van der Waals surface area contributed by atoms with E-state index in [9.17, 15) is 0 Å². The first-order chi connectivity index (χ1) is 48.9. The highest BCUT2D eigenvalue weighted by atomic mass is 28.3. The summed E-state index contributed by atoms with van der Waals surface area (Å²) in [5, 5.41) is 13.1. The van der Waals surface area contributed by atoms with Gasteiger partial charge in [-0.25, -0.2) is 0 Å². The Morgan fingerprint density at radius 3 is 1.03 bits per heavy atom. The zero-order valence-corrected chi connectivity index (χ0v) is 57.4. The predicted octanol–water partition coefficient (Wildman–Crippen LogP) is 15.6. The zero-order chi connectivity index (χ0) is 66.1. The number of nitrogens with zero attached hydrogens (tertiary/aromatic N) is 3. The monoisotopic (exact) mass is 1300 g/mol. The number of aromatic nitrogens is 1. The van der Waals surface area contributed by atoms with Crippen molar-refractivity contribution >= 4 is 137 Å². The molecule has 1 aromatic heterocycles. The molecule has 2 aliphatic heterocycles. The number of hydrogen-bond donors (Lipinski definition) is 0. The van der Waals surface area contributed by atoms with E-state index in [0.717, 1.165) is 50.7 Å².